The first-order chi connectivity index (χ1) is 12.8. The molecule has 1 rings (SSSR count). The molecule has 1 aliphatic rings. The summed E-state index contributed by atoms with van der Waals surface area (Å²) in [5, 5.41) is 76.8. The molecule has 166 valence electrons. The fourth-order valence-electron chi connectivity index (χ4n) is 2.30. The Morgan fingerprint density at radius 3 is 1.78 bits per heavy atom. The smallest absolute Gasteiger partial charge is 0.187 e. The monoisotopic (exact) mass is 402 g/mol. The minimum absolute atomic E-state index is 0.133. The number of hydrogen-bond acceptors (Lipinski definition) is 10. The molecule has 1 fully saturated rings. The van der Waals surface area contributed by atoms with Gasteiger partial charge >= 0.3 is 0 Å². The summed E-state index contributed by atoms with van der Waals surface area (Å²) < 4.78 is 10.3. The average molecular weight is 402 g/mol. The van der Waals surface area contributed by atoms with Crippen molar-refractivity contribution < 1.29 is 50.3 Å². The zero-order valence-electron chi connectivity index (χ0n) is 16.7. The van der Waals surface area contributed by atoms with Gasteiger partial charge in [0.25, 0.3) is 0 Å². The molecule has 0 spiro atoms. The number of aliphatic hydroxyl groups is 8. The lowest BCUT2D eigenvalue weighted by atomic mass is 9.98. The van der Waals surface area contributed by atoms with Gasteiger partial charge in [-0.25, -0.2) is 0 Å². The molecule has 1 aliphatic heterocycles. The van der Waals surface area contributed by atoms with Crippen LogP contribution < -0.4 is 0 Å². The minimum Gasteiger partial charge on any atom is -0.394 e. The van der Waals surface area contributed by atoms with Gasteiger partial charge in [0.2, 0.25) is 0 Å². The van der Waals surface area contributed by atoms with E-state index >= 15 is 0 Å². The Bertz CT molecular complexity index is 344. The van der Waals surface area contributed by atoms with Gasteiger partial charge in [0.1, 0.15) is 42.7 Å². The third-order valence-electron chi connectivity index (χ3n) is 3.86. The largest absolute Gasteiger partial charge is 0.394 e. The fourth-order valence-corrected chi connectivity index (χ4v) is 2.30. The van der Waals surface area contributed by atoms with Crippen molar-refractivity contribution in [1.29, 1.82) is 0 Å². The first-order valence-corrected chi connectivity index (χ1v) is 9.39. The van der Waals surface area contributed by atoms with Crippen molar-refractivity contribution in [2.45, 2.75) is 96.2 Å². The van der Waals surface area contributed by atoms with Gasteiger partial charge < -0.3 is 50.3 Å². The third-order valence-corrected chi connectivity index (χ3v) is 3.86. The predicted molar refractivity (Wildman–Crippen MR) is 96.7 cm³/mol. The standard InChI is InChI=1S/C13H26O10.2C2H6/c1-2-5(16)8(18)12(6(17)3-14)23-13-11(21)10(20)9(19)7(4-15)22-13;2*1-2/h5-21H,2-4H2,1H3;2*1-2H3. The van der Waals surface area contributed by atoms with Crippen molar-refractivity contribution in [3.63, 3.8) is 0 Å². The Hall–Kier alpha value is -0.400. The van der Waals surface area contributed by atoms with Gasteiger partial charge in [0.15, 0.2) is 6.29 Å². The zero-order valence-corrected chi connectivity index (χ0v) is 16.7. The molecule has 8 N–H and O–H groups in total. The fraction of sp³-hybridized carbons (Fsp3) is 1.00. The van der Waals surface area contributed by atoms with Crippen molar-refractivity contribution in [1.82, 2.24) is 0 Å². The molecule has 0 bridgehead atoms. The van der Waals surface area contributed by atoms with Crippen LogP contribution in [-0.4, -0.2) is 109 Å². The van der Waals surface area contributed by atoms with E-state index in [1.54, 1.807) is 6.92 Å². The highest BCUT2D eigenvalue weighted by molar-refractivity contribution is 4.91. The highest BCUT2D eigenvalue weighted by Gasteiger charge is 2.46. The maximum absolute atomic E-state index is 9.99. The molecule has 10 heteroatoms. The van der Waals surface area contributed by atoms with Gasteiger partial charge in [-0.1, -0.05) is 34.6 Å². The van der Waals surface area contributed by atoms with Gasteiger partial charge in [0.05, 0.1) is 19.3 Å². The van der Waals surface area contributed by atoms with Crippen LogP contribution in [0.4, 0.5) is 0 Å². The van der Waals surface area contributed by atoms with Crippen LogP contribution in [0, 0.1) is 0 Å². The highest BCUT2D eigenvalue weighted by Crippen LogP contribution is 2.25. The van der Waals surface area contributed by atoms with E-state index in [1.807, 2.05) is 27.7 Å². The second-order valence-corrected chi connectivity index (χ2v) is 5.51. The summed E-state index contributed by atoms with van der Waals surface area (Å²) in [6.45, 7) is 8.11. The molecule has 27 heavy (non-hydrogen) atoms. The van der Waals surface area contributed by atoms with Crippen molar-refractivity contribution in [3.05, 3.63) is 0 Å². The number of aliphatic hydroxyl groups excluding tert-OH is 8. The lowest BCUT2D eigenvalue weighted by Gasteiger charge is -2.42. The van der Waals surface area contributed by atoms with Gasteiger partial charge in [-0.05, 0) is 6.42 Å². The summed E-state index contributed by atoms with van der Waals surface area (Å²) in [5.74, 6) is 0. The lowest BCUT2D eigenvalue weighted by Crippen LogP contribution is -2.61. The highest BCUT2D eigenvalue weighted by atomic mass is 16.7. The Labute approximate surface area is 160 Å². The van der Waals surface area contributed by atoms with Crippen LogP contribution in [-0.2, 0) is 9.47 Å². The Morgan fingerprint density at radius 2 is 1.37 bits per heavy atom. The van der Waals surface area contributed by atoms with E-state index in [-0.39, 0.29) is 6.42 Å². The molecule has 0 aromatic heterocycles. The molecule has 10 nitrogen and oxygen atoms in total. The molecule has 0 saturated carbocycles. The van der Waals surface area contributed by atoms with Crippen LogP contribution in [0.25, 0.3) is 0 Å². The maximum atomic E-state index is 9.99. The molecule has 1 saturated heterocycles. The van der Waals surface area contributed by atoms with Crippen molar-refractivity contribution in [2.24, 2.45) is 0 Å². The van der Waals surface area contributed by atoms with Gasteiger partial charge in [-0.2, -0.15) is 0 Å². The van der Waals surface area contributed by atoms with Crippen LogP contribution >= 0.6 is 0 Å². The normalized spacial score (nSPS) is 32.1. The van der Waals surface area contributed by atoms with E-state index in [4.69, 9.17) is 19.7 Å². The summed E-state index contributed by atoms with van der Waals surface area (Å²) >= 11 is 0. The van der Waals surface area contributed by atoms with Gasteiger partial charge in [0, 0.05) is 0 Å². The molecule has 0 amide bonds. The molecule has 0 radical (unpaired) electrons. The molecular weight excluding hydrogens is 364 g/mol. The number of hydrogen-bond donors (Lipinski definition) is 8. The van der Waals surface area contributed by atoms with Crippen LogP contribution in [0.3, 0.4) is 0 Å². The molecule has 0 aromatic carbocycles. The zero-order chi connectivity index (χ0) is 21.7. The Morgan fingerprint density at radius 1 is 0.852 bits per heavy atom. The van der Waals surface area contributed by atoms with Crippen molar-refractivity contribution in [3.8, 4) is 0 Å². The Kier molecular flexibility index (Phi) is 16.6. The van der Waals surface area contributed by atoms with E-state index in [9.17, 15) is 30.6 Å². The Balaban J connectivity index is 0. The topological polar surface area (TPSA) is 180 Å². The molecule has 9 atom stereocenters. The van der Waals surface area contributed by atoms with Crippen LogP contribution in [0.2, 0.25) is 0 Å². The molecular formula is C17H38O10. The SMILES string of the molecule is CC.CC.CCC(O)C(O)C(OC1OC(CO)C(O)C(O)C1O)C(O)CO. The minimum atomic E-state index is -1.73. The van der Waals surface area contributed by atoms with E-state index in [1.165, 1.54) is 0 Å². The summed E-state index contributed by atoms with van der Waals surface area (Å²) in [4.78, 5) is 0. The predicted octanol–water partition coefficient (Wildman–Crippen LogP) is -2.29. The van der Waals surface area contributed by atoms with Crippen LogP contribution in [0.1, 0.15) is 41.0 Å². The van der Waals surface area contributed by atoms with E-state index < -0.39 is 68.3 Å². The molecule has 0 aromatic rings. The second kappa shape index (κ2) is 15.5. The first-order valence-electron chi connectivity index (χ1n) is 9.39. The molecule has 0 aliphatic carbocycles. The van der Waals surface area contributed by atoms with E-state index in [2.05, 4.69) is 0 Å². The van der Waals surface area contributed by atoms with Crippen molar-refractivity contribution in [2.75, 3.05) is 13.2 Å². The number of rotatable bonds is 8. The first kappa shape index (κ1) is 28.8. The summed E-state index contributed by atoms with van der Waals surface area (Å²) in [7, 11) is 0. The second-order valence-electron chi connectivity index (χ2n) is 5.51. The average Bonchev–Trinajstić information content (AvgIpc) is 2.72. The maximum Gasteiger partial charge on any atom is 0.187 e. The summed E-state index contributed by atoms with van der Waals surface area (Å²) in [6.07, 6.45) is -13.7. The quantitative estimate of drug-likeness (QED) is 0.220. The third kappa shape index (κ3) is 8.24. The summed E-state index contributed by atoms with van der Waals surface area (Å²) in [6, 6.07) is 0. The summed E-state index contributed by atoms with van der Waals surface area (Å²) in [5.41, 5.74) is 0. The van der Waals surface area contributed by atoms with Crippen LogP contribution in [0.15, 0.2) is 0 Å². The molecule has 9 unspecified atom stereocenters. The van der Waals surface area contributed by atoms with Gasteiger partial charge in [-0.3, -0.25) is 0 Å². The van der Waals surface area contributed by atoms with Gasteiger partial charge in [-0.15, -0.1) is 0 Å². The van der Waals surface area contributed by atoms with E-state index in [0.29, 0.717) is 0 Å². The van der Waals surface area contributed by atoms with Crippen molar-refractivity contribution >= 4 is 0 Å². The number of ether oxygens (including phenoxy) is 2. The molecule has 1 heterocycles. The van der Waals surface area contributed by atoms with E-state index in [0.717, 1.165) is 0 Å². The lowest BCUT2D eigenvalue weighted by molar-refractivity contribution is -0.327. The van der Waals surface area contributed by atoms with Crippen LogP contribution in [0.5, 0.6) is 0 Å².